The lowest BCUT2D eigenvalue weighted by atomic mass is 10.2. The van der Waals surface area contributed by atoms with Crippen LogP contribution < -0.4 is 16.0 Å². The van der Waals surface area contributed by atoms with Crippen LogP contribution in [0.3, 0.4) is 0 Å². The number of anilines is 2. The van der Waals surface area contributed by atoms with E-state index in [9.17, 15) is 9.59 Å². The molecule has 0 bridgehead atoms. The van der Waals surface area contributed by atoms with Gasteiger partial charge in [0.05, 0.1) is 24.9 Å². The number of esters is 1. The summed E-state index contributed by atoms with van der Waals surface area (Å²) in [6.45, 7) is 6.32. The molecular weight excluding hydrogens is 272 g/mol. The third kappa shape index (κ3) is 4.34. The molecule has 0 radical (unpaired) electrons. The number of carbonyl (C=O) groups is 2. The maximum Gasteiger partial charge on any atom is 0.340 e. The van der Waals surface area contributed by atoms with E-state index in [1.54, 1.807) is 4.90 Å². The van der Waals surface area contributed by atoms with Crippen molar-refractivity contribution in [1.82, 2.24) is 10.3 Å². The molecule has 116 valence electrons. The van der Waals surface area contributed by atoms with E-state index in [0.717, 1.165) is 0 Å². The number of hydrogen-bond acceptors (Lipinski definition) is 6. The summed E-state index contributed by atoms with van der Waals surface area (Å²) >= 11 is 0. The smallest absolute Gasteiger partial charge is 0.340 e. The molecule has 0 saturated carbocycles. The van der Waals surface area contributed by atoms with Crippen LogP contribution in [-0.4, -0.2) is 43.1 Å². The first-order chi connectivity index (χ1) is 9.90. The predicted octanol–water partition coefficient (Wildman–Crippen LogP) is 0.801. The van der Waals surface area contributed by atoms with Crippen molar-refractivity contribution in [3.05, 3.63) is 17.8 Å². The second kappa shape index (κ2) is 7.47. The molecular formula is C14H22N4O3. The fraction of sp³-hybridized carbons (Fsp3) is 0.500. The van der Waals surface area contributed by atoms with E-state index in [0.29, 0.717) is 12.4 Å². The number of nitrogens with two attached hydrogens (primary N) is 1. The first-order valence-corrected chi connectivity index (χ1v) is 6.77. The highest BCUT2D eigenvalue weighted by Crippen LogP contribution is 2.24. The molecule has 0 atom stereocenters. The van der Waals surface area contributed by atoms with Crippen molar-refractivity contribution in [3.8, 4) is 0 Å². The lowest BCUT2D eigenvalue weighted by molar-refractivity contribution is -0.120. The number of nitrogen functional groups attached to an aromatic ring is 1. The van der Waals surface area contributed by atoms with Crippen LogP contribution in [0, 0.1) is 0 Å². The molecule has 1 aromatic heterocycles. The number of hydrogen-bond donors (Lipinski definition) is 2. The van der Waals surface area contributed by atoms with Crippen molar-refractivity contribution < 1.29 is 14.3 Å². The molecule has 1 heterocycles. The minimum atomic E-state index is -0.529. The van der Waals surface area contributed by atoms with Crippen molar-refractivity contribution >= 4 is 23.4 Å². The molecule has 1 rings (SSSR count). The number of nitrogens with one attached hydrogen (secondary N) is 1. The van der Waals surface area contributed by atoms with Crippen molar-refractivity contribution in [2.75, 3.05) is 30.8 Å². The second-order valence-electron chi connectivity index (χ2n) is 4.82. The van der Waals surface area contributed by atoms with Gasteiger partial charge >= 0.3 is 5.97 Å². The molecule has 1 amide bonds. The van der Waals surface area contributed by atoms with Crippen molar-refractivity contribution in [2.45, 2.75) is 26.8 Å². The van der Waals surface area contributed by atoms with E-state index in [4.69, 9.17) is 5.73 Å². The van der Waals surface area contributed by atoms with Crippen molar-refractivity contribution in [1.29, 1.82) is 0 Å². The highest BCUT2D eigenvalue weighted by molar-refractivity contribution is 5.98. The van der Waals surface area contributed by atoms with Gasteiger partial charge in [-0.15, -0.1) is 0 Å². The van der Waals surface area contributed by atoms with Gasteiger partial charge in [-0.3, -0.25) is 4.79 Å². The van der Waals surface area contributed by atoms with E-state index >= 15 is 0 Å². The van der Waals surface area contributed by atoms with E-state index in [-0.39, 0.29) is 29.7 Å². The SMILES string of the molecule is CCN(CC(=O)NC(C)C)c1nccc(C(=O)OC)c1N. The summed E-state index contributed by atoms with van der Waals surface area (Å²) in [4.78, 5) is 29.4. The Morgan fingerprint density at radius 2 is 2.14 bits per heavy atom. The van der Waals surface area contributed by atoms with Gasteiger partial charge < -0.3 is 20.7 Å². The number of ether oxygens (including phenoxy) is 1. The first kappa shape index (κ1) is 16.7. The third-order valence-electron chi connectivity index (χ3n) is 2.84. The van der Waals surface area contributed by atoms with Crippen LogP contribution in [0.5, 0.6) is 0 Å². The minimum absolute atomic E-state index is 0.0583. The van der Waals surface area contributed by atoms with Crippen LogP contribution in [0.1, 0.15) is 31.1 Å². The Bertz CT molecular complexity index is 517. The molecule has 0 aliphatic rings. The van der Waals surface area contributed by atoms with Crippen molar-refractivity contribution in [3.63, 3.8) is 0 Å². The number of pyridine rings is 1. The van der Waals surface area contributed by atoms with Crippen molar-refractivity contribution in [2.24, 2.45) is 0 Å². The molecule has 0 aromatic carbocycles. The number of carbonyl (C=O) groups excluding carboxylic acids is 2. The molecule has 0 unspecified atom stereocenters. The topological polar surface area (TPSA) is 97.5 Å². The maximum absolute atomic E-state index is 11.9. The Labute approximate surface area is 124 Å². The molecule has 3 N–H and O–H groups in total. The zero-order valence-electron chi connectivity index (χ0n) is 12.8. The fourth-order valence-corrected chi connectivity index (χ4v) is 1.88. The summed E-state index contributed by atoms with van der Waals surface area (Å²) in [6, 6.07) is 1.55. The molecule has 1 aromatic rings. The summed E-state index contributed by atoms with van der Waals surface area (Å²) in [6.07, 6.45) is 1.47. The minimum Gasteiger partial charge on any atom is -0.465 e. The zero-order chi connectivity index (χ0) is 16.0. The maximum atomic E-state index is 11.9. The number of likely N-dealkylation sites (N-methyl/N-ethyl adjacent to an activating group) is 1. The Morgan fingerprint density at radius 3 is 2.67 bits per heavy atom. The Balaban J connectivity index is 3.01. The number of amides is 1. The zero-order valence-corrected chi connectivity index (χ0v) is 12.8. The number of rotatable bonds is 6. The van der Waals surface area contributed by atoms with Gasteiger partial charge in [0.1, 0.15) is 0 Å². The quantitative estimate of drug-likeness (QED) is 0.753. The Kier molecular flexibility index (Phi) is 5.95. The molecule has 7 nitrogen and oxygen atoms in total. The Hall–Kier alpha value is -2.31. The van der Waals surface area contributed by atoms with Gasteiger partial charge in [0.25, 0.3) is 0 Å². The summed E-state index contributed by atoms with van der Waals surface area (Å²) in [7, 11) is 1.29. The van der Waals surface area contributed by atoms with Gasteiger partial charge in [-0.05, 0) is 26.8 Å². The number of nitrogens with zero attached hydrogens (tertiary/aromatic N) is 2. The lowest BCUT2D eigenvalue weighted by Crippen LogP contribution is -2.40. The van der Waals surface area contributed by atoms with Crippen LogP contribution in [0.25, 0.3) is 0 Å². The molecule has 0 saturated heterocycles. The summed E-state index contributed by atoms with van der Waals surface area (Å²) in [5.41, 5.74) is 6.43. The standard InChI is InChI=1S/C14H22N4O3/c1-5-18(8-11(19)17-9(2)3)13-12(15)10(6-7-16-13)14(20)21-4/h6-7,9H,5,8,15H2,1-4H3,(H,17,19). The summed E-state index contributed by atoms with van der Waals surface area (Å²) in [5, 5.41) is 2.80. The molecule has 7 heteroatoms. The molecule has 21 heavy (non-hydrogen) atoms. The lowest BCUT2D eigenvalue weighted by Gasteiger charge is -2.24. The normalized spacial score (nSPS) is 10.3. The van der Waals surface area contributed by atoms with Gasteiger partial charge in [-0.1, -0.05) is 0 Å². The van der Waals surface area contributed by atoms with Gasteiger partial charge in [-0.2, -0.15) is 0 Å². The number of aromatic nitrogens is 1. The molecule has 0 aliphatic carbocycles. The first-order valence-electron chi connectivity index (χ1n) is 6.77. The highest BCUT2D eigenvalue weighted by atomic mass is 16.5. The van der Waals surface area contributed by atoms with Crippen LogP contribution in [-0.2, 0) is 9.53 Å². The van der Waals surface area contributed by atoms with Crippen LogP contribution in [0.2, 0.25) is 0 Å². The number of methoxy groups -OCH3 is 1. The van der Waals surface area contributed by atoms with Gasteiger partial charge in [0.15, 0.2) is 5.82 Å². The van der Waals surface area contributed by atoms with E-state index < -0.39 is 5.97 Å². The average Bonchev–Trinajstić information content (AvgIpc) is 2.43. The van der Waals surface area contributed by atoms with Gasteiger partial charge in [-0.25, -0.2) is 9.78 Å². The Morgan fingerprint density at radius 1 is 1.48 bits per heavy atom. The van der Waals surface area contributed by atoms with E-state index in [1.165, 1.54) is 19.4 Å². The van der Waals surface area contributed by atoms with Gasteiger partial charge in [0, 0.05) is 18.8 Å². The largest absolute Gasteiger partial charge is 0.465 e. The van der Waals surface area contributed by atoms with E-state index in [1.807, 2.05) is 20.8 Å². The summed E-state index contributed by atoms with van der Waals surface area (Å²) < 4.78 is 4.67. The second-order valence-corrected chi connectivity index (χ2v) is 4.82. The van der Waals surface area contributed by atoms with Crippen LogP contribution in [0.4, 0.5) is 11.5 Å². The molecule has 0 spiro atoms. The third-order valence-corrected chi connectivity index (χ3v) is 2.84. The van der Waals surface area contributed by atoms with Crippen LogP contribution in [0.15, 0.2) is 12.3 Å². The monoisotopic (exact) mass is 294 g/mol. The molecule has 0 fully saturated rings. The van der Waals surface area contributed by atoms with E-state index in [2.05, 4.69) is 15.0 Å². The fourth-order valence-electron chi connectivity index (χ4n) is 1.88. The summed E-state index contributed by atoms with van der Waals surface area (Å²) in [5.74, 6) is -0.255. The average molecular weight is 294 g/mol. The van der Waals surface area contributed by atoms with Gasteiger partial charge in [0.2, 0.25) is 5.91 Å². The predicted molar refractivity (Wildman–Crippen MR) is 81.2 cm³/mol. The van der Waals surface area contributed by atoms with Crippen LogP contribution >= 0.6 is 0 Å². The highest BCUT2D eigenvalue weighted by Gasteiger charge is 2.19. The molecule has 0 aliphatic heterocycles.